The molecular formula is C12H11FN2O2. The molecule has 88 valence electrons. The second kappa shape index (κ2) is 4.37. The van der Waals surface area contributed by atoms with E-state index >= 15 is 0 Å². The minimum Gasteiger partial charge on any atom is -0.464 e. The highest BCUT2D eigenvalue weighted by Gasteiger charge is 2.17. The summed E-state index contributed by atoms with van der Waals surface area (Å²) in [5, 5.41) is 0. The number of hydrogen-bond donors (Lipinski definition) is 1. The monoisotopic (exact) mass is 234 g/mol. The van der Waals surface area contributed by atoms with Gasteiger partial charge in [0.15, 0.2) is 5.69 Å². The lowest BCUT2D eigenvalue weighted by Gasteiger charge is -2.00. The number of rotatable bonds is 2. The number of hydrogen-bond acceptors (Lipinski definition) is 3. The second-order valence-electron chi connectivity index (χ2n) is 3.54. The van der Waals surface area contributed by atoms with Gasteiger partial charge in [0.05, 0.1) is 7.11 Å². The topological polar surface area (TPSA) is 55.0 Å². The number of nitrogens with one attached hydrogen (secondary N) is 1. The van der Waals surface area contributed by atoms with Gasteiger partial charge in [0.25, 0.3) is 0 Å². The summed E-state index contributed by atoms with van der Waals surface area (Å²) < 4.78 is 17.5. The Morgan fingerprint density at radius 3 is 2.59 bits per heavy atom. The van der Waals surface area contributed by atoms with Gasteiger partial charge < -0.3 is 9.72 Å². The lowest BCUT2D eigenvalue weighted by Crippen LogP contribution is -2.03. The molecule has 0 saturated heterocycles. The molecule has 0 saturated carbocycles. The molecule has 4 nitrogen and oxygen atoms in total. The van der Waals surface area contributed by atoms with Crippen molar-refractivity contribution in [2.45, 2.75) is 6.92 Å². The third-order valence-electron chi connectivity index (χ3n) is 2.33. The summed E-state index contributed by atoms with van der Waals surface area (Å²) in [5.41, 5.74) is 1.40. The Bertz CT molecular complexity index is 546. The average Bonchev–Trinajstić information content (AvgIpc) is 2.71. The van der Waals surface area contributed by atoms with Crippen LogP contribution in [0.3, 0.4) is 0 Å². The Labute approximate surface area is 97.5 Å². The van der Waals surface area contributed by atoms with Crippen molar-refractivity contribution in [2.75, 3.05) is 7.11 Å². The van der Waals surface area contributed by atoms with E-state index in [2.05, 4.69) is 14.7 Å². The van der Waals surface area contributed by atoms with Crippen molar-refractivity contribution in [3.63, 3.8) is 0 Å². The molecular weight excluding hydrogens is 223 g/mol. The van der Waals surface area contributed by atoms with Gasteiger partial charge in [-0.05, 0) is 31.2 Å². The van der Waals surface area contributed by atoms with Gasteiger partial charge in [0.1, 0.15) is 17.3 Å². The number of H-pyrrole nitrogens is 1. The molecule has 5 heteroatoms. The number of esters is 1. The number of halogens is 1. The van der Waals surface area contributed by atoms with E-state index in [9.17, 15) is 9.18 Å². The van der Waals surface area contributed by atoms with Crippen LogP contribution in [0.5, 0.6) is 0 Å². The minimum atomic E-state index is -0.495. The van der Waals surface area contributed by atoms with E-state index in [4.69, 9.17) is 0 Å². The number of nitrogens with zero attached hydrogens (tertiary/aromatic N) is 1. The van der Waals surface area contributed by atoms with Crippen LogP contribution < -0.4 is 0 Å². The van der Waals surface area contributed by atoms with Crippen molar-refractivity contribution in [2.24, 2.45) is 0 Å². The molecule has 1 heterocycles. The fraction of sp³-hybridized carbons (Fsp3) is 0.167. The summed E-state index contributed by atoms with van der Waals surface area (Å²) in [7, 11) is 1.30. The number of methoxy groups -OCH3 is 1. The fourth-order valence-electron chi connectivity index (χ4n) is 1.56. The molecule has 17 heavy (non-hydrogen) atoms. The Balaban J connectivity index is 2.51. The van der Waals surface area contributed by atoms with Crippen LogP contribution >= 0.6 is 0 Å². The molecule has 2 aromatic rings. The van der Waals surface area contributed by atoms with Gasteiger partial charge in [-0.3, -0.25) is 0 Å². The Morgan fingerprint density at radius 1 is 1.35 bits per heavy atom. The molecule has 2 rings (SSSR count). The number of aromatic nitrogens is 2. The summed E-state index contributed by atoms with van der Waals surface area (Å²) >= 11 is 0. The first-order valence-electron chi connectivity index (χ1n) is 5.02. The van der Waals surface area contributed by atoms with Crippen molar-refractivity contribution in [1.82, 2.24) is 9.97 Å². The van der Waals surface area contributed by atoms with E-state index in [1.165, 1.54) is 19.2 Å². The Hall–Kier alpha value is -2.17. The van der Waals surface area contributed by atoms with E-state index in [-0.39, 0.29) is 11.5 Å². The van der Waals surface area contributed by atoms with Crippen LogP contribution in [0.1, 0.15) is 16.3 Å². The van der Waals surface area contributed by atoms with Gasteiger partial charge in [-0.1, -0.05) is 0 Å². The quantitative estimate of drug-likeness (QED) is 0.811. The number of carbonyl (C=O) groups is 1. The number of carbonyl (C=O) groups excluding carboxylic acids is 1. The van der Waals surface area contributed by atoms with Gasteiger partial charge in [-0.15, -0.1) is 0 Å². The molecule has 0 bridgehead atoms. The van der Waals surface area contributed by atoms with Crippen LogP contribution in [0.15, 0.2) is 24.3 Å². The Morgan fingerprint density at radius 2 is 2.00 bits per heavy atom. The third-order valence-corrected chi connectivity index (χ3v) is 2.33. The zero-order valence-electron chi connectivity index (χ0n) is 9.45. The van der Waals surface area contributed by atoms with Crippen molar-refractivity contribution >= 4 is 5.97 Å². The van der Waals surface area contributed by atoms with Crippen LogP contribution in [0.2, 0.25) is 0 Å². The first-order chi connectivity index (χ1) is 8.11. The van der Waals surface area contributed by atoms with Gasteiger partial charge in [0.2, 0.25) is 0 Å². The molecule has 0 amide bonds. The number of benzene rings is 1. The maximum atomic E-state index is 12.8. The summed E-state index contributed by atoms with van der Waals surface area (Å²) in [6.45, 7) is 1.74. The van der Waals surface area contributed by atoms with Gasteiger partial charge in [-0.25, -0.2) is 14.2 Å². The molecule has 0 aliphatic rings. The van der Waals surface area contributed by atoms with E-state index in [0.29, 0.717) is 17.1 Å². The molecule has 0 aliphatic heterocycles. The van der Waals surface area contributed by atoms with Gasteiger partial charge in [0, 0.05) is 5.56 Å². The summed E-state index contributed by atoms with van der Waals surface area (Å²) in [4.78, 5) is 18.6. The van der Waals surface area contributed by atoms with Gasteiger partial charge >= 0.3 is 5.97 Å². The minimum absolute atomic E-state index is 0.275. The van der Waals surface area contributed by atoms with Crippen LogP contribution in [0.4, 0.5) is 4.39 Å². The second-order valence-corrected chi connectivity index (χ2v) is 3.54. The van der Waals surface area contributed by atoms with Crippen LogP contribution in [-0.2, 0) is 4.74 Å². The Kier molecular flexibility index (Phi) is 2.91. The largest absolute Gasteiger partial charge is 0.464 e. The lowest BCUT2D eigenvalue weighted by molar-refractivity contribution is 0.0595. The van der Waals surface area contributed by atoms with E-state index in [1.54, 1.807) is 19.1 Å². The van der Waals surface area contributed by atoms with Crippen molar-refractivity contribution in [3.05, 3.63) is 41.6 Å². The summed E-state index contributed by atoms with van der Waals surface area (Å²) in [6.07, 6.45) is 0. The first kappa shape index (κ1) is 11.3. The molecule has 1 N–H and O–H groups in total. The predicted molar refractivity (Wildman–Crippen MR) is 60.1 cm³/mol. The molecule has 0 unspecified atom stereocenters. The summed E-state index contributed by atoms with van der Waals surface area (Å²) in [6, 6.07) is 5.77. The van der Waals surface area contributed by atoms with Crippen molar-refractivity contribution < 1.29 is 13.9 Å². The zero-order valence-corrected chi connectivity index (χ0v) is 9.45. The maximum absolute atomic E-state index is 12.8. The smallest absolute Gasteiger partial charge is 0.356 e. The third kappa shape index (κ3) is 2.18. The van der Waals surface area contributed by atoms with Crippen molar-refractivity contribution in [1.29, 1.82) is 0 Å². The van der Waals surface area contributed by atoms with E-state index < -0.39 is 5.97 Å². The van der Waals surface area contributed by atoms with Crippen LogP contribution in [-0.4, -0.2) is 23.0 Å². The molecule has 0 spiro atoms. The average molecular weight is 234 g/mol. The number of aromatic amines is 1. The van der Waals surface area contributed by atoms with E-state index in [0.717, 1.165) is 0 Å². The molecule has 0 fully saturated rings. The predicted octanol–water partition coefficient (Wildman–Crippen LogP) is 2.31. The number of imidazole rings is 1. The normalized spacial score (nSPS) is 10.3. The highest BCUT2D eigenvalue weighted by atomic mass is 19.1. The standard InChI is InChI=1S/C12H11FN2O2/c1-7-14-10(11(15-7)12(16)17-2)8-3-5-9(13)6-4-8/h3-6H,1-2H3,(H,14,15). The molecule has 1 aromatic heterocycles. The SMILES string of the molecule is COC(=O)c1[nH]c(C)nc1-c1ccc(F)cc1. The van der Waals surface area contributed by atoms with Gasteiger partial charge in [-0.2, -0.15) is 0 Å². The molecule has 0 aliphatic carbocycles. The van der Waals surface area contributed by atoms with Crippen molar-refractivity contribution in [3.8, 4) is 11.3 Å². The maximum Gasteiger partial charge on any atom is 0.356 e. The highest BCUT2D eigenvalue weighted by molar-refractivity contribution is 5.94. The zero-order chi connectivity index (χ0) is 12.4. The number of aryl methyl sites for hydroxylation is 1. The summed E-state index contributed by atoms with van der Waals surface area (Å²) in [5.74, 6) is -0.227. The highest BCUT2D eigenvalue weighted by Crippen LogP contribution is 2.22. The van der Waals surface area contributed by atoms with Crippen LogP contribution in [0.25, 0.3) is 11.3 Å². The first-order valence-corrected chi connectivity index (χ1v) is 5.02. The van der Waals surface area contributed by atoms with E-state index in [1.807, 2.05) is 0 Å². The molecule has 0 radical (unpaired) electrons. The fourth-order valence-corrected chi connectivity index (χ4v) is 1.56. The number of ether oxygens (including phenoxy) is 1. The molecule has 0 atom stereocenters. The molecule has 1 aromatic carbocycles. The van der Waals surface area contributed by atoms with Crippen LogP contribution in [0, 0.1) is 12.7 Å². The lowest BCUT2D eigenvalue weighted by atomic mass is 10.1.